The van der Waals surface area contributed by atoms with Crippen LogP contribution in [-0.2, 0) is 0 Å². The number of hydrogen-bond donors (Lipinski definition) is 2. The van der Waals surface area contributed by atoms with Crippen molar-refractivity contribution < 1.29 is 9.84 Å². The standard InChI is InChI=1S/C14H23NO2/c1-3-12(8-11(9-15)10-16)13-6-4-5-7-14(13)17-2/h4-7,11-12,16H,3,8-10,15H2,1-2H3. The molecule has 0 aliphatic carbocycles. The molecule has 17 heavy (non-hydrogen) atoms. The lowest BCUT2D eigenvalue weighted by Gasteiger charge is -2.22. The molecule has 0 aromatic heterocycles. The molecule has 3 heteroatoms. The highest BCUT2D eigenvalue weighted by atomic mass is 16.5. The van der Waals surface area contributed by atoms with Crippen LogP contribution in [0.3, 0.4) is 0 Å². The van der Waals surface area contributed by atoms with Crippen LogP contribution in [0.1, 0.15) is 31.2 Å². The molecule has 0 aliphatic heterocycles. The predicted molar refractivity (Wildman–Crippen MR) is 70.3 cm³/mol. The molecule has 0 bridgehead atoms. The van der Waals surface area contributed by atoms with Crippen molar-refractivity contribution in [1.82, 2.24) is 0 Å². The zero-order valence-electron chi connectivity index (χ0n) is 10.7. The number of aliphatic hydroxyl groups is 1. The van der Waals surface area contributed by atoms with Crippen molar-refractivity contribution in [1.29, 1.82) is 0 Å². The Morgan fingerprint density at radius 3 is 2.59 bits per heavy atom. The number of aliphatic hydroxyl groups excluding tert-OH is 1. The van der Waals surface area contributed by atoms with Gasteiger partial charge in [-0.2, -0.15) is 0 Å². The molecule has 3 N–H and O–H groups in total. The fourth-order valence-electron chi connectivity index (χ4n) is 2.16. The summed E-state index contributed by atoms with van der Waals surface area (Å²) < 4.78 is 5.38. The number of para-hydroxylation sites is 1. The first-order valence-electron chi connectivity index (χ1n) is 6.20. The molecule has 0 saturated carbocycles. The zero-order valence-corrected chi connectivity index (χ0v) is 10.7. The molecule has 3 nitrogen and oxygen atoms in total. The summed E-state index contributed by atoms with van der Waals surface area (Å²) in [5.41, 5.74) is 6.86. The van der Waals surface area contributed by atoms with Gasteiger partial charge in [-0.15, -0.1) is 0 Å². The number of ether oxygens (including phenoxy) is 1. The molecule has 0 heterocycles. The lowest BCUT2D eigenvalue weighted by Crippen LogP contribution is -2.20. The van der Waals surface area contributed by atoms with E-state index < -0.39 is 0 Å². The summed E-state index contributed by atoms with van der Waals surface area (Å²) in [6.07, 6.45) is 1.93. The molecule has 2 atom stereocenters. The summed E-state index contributed by atoms with van der Waals surface area (Å²) in [4.78, 5) is 0. The van der Waals surface area contributed by atoms with Gasteiger partial charge < -0.3 is 15.6 Å². The van der Waals surface area contributed by atoms with Gasteiger partial charge in [-0.25, -0.2) is 0 Å². The molecule has 1 rings (SSSR count). The molecular formula is C14H23NO2. The Labute approximate surface area is 104 Å². The largest absolute Gasteiger partial charge is 0.496 e. The van der Waals surface area contributed by atoms with Crippen LogP contribution < -0.4 is 10.5 Å². The third-order valence-electron chi connectivity index (χ3n) is 3.28. The van der Waals surface area contributed by atoms with Crippen molar-refractivity contribution >= 4 is 0 Å². The summed E-state index contributed by atoms with van der Waals surface area (Å²) in [6.45, 7) is 2.84. The number of nitrogens with two attached hydrogens (primary N) is 1. The van der Waals surface area contributed by atoms with E-state index in [9.17, 15) is 5.11 Å². The summed E-state index contributed by atoms with van der Waals surface area (Å²) in [6, 6.07) is 8.07. The first-order chi connectivity index (χ1) is 8.26. The van der Waals surface area contributed by atoms with Gasteiger partial charge in [-0.05, 0) is 42.9 Å². The average Bonchev–Trinajstić information content (AvgIpc) is 2.40. The molecule has 0 spiro atoms. The normalized spacial score (nSPS) is 14.4. The van der Waals surface area contributed by atoms with E-state index in [0.29, 0.717) is 12.5 Å². The van der Waals surface area contributed by atoms with Crippen LogP contribution in [0.25, 0.3) is 0 Å². The van der Waals surface area contributed by atoms with Crippen molar-refractivity contribution in [3.8, 4) is 5.75 Å². The van der Waals surface area contributed by atoms with Gasteiger partial charge in [0.05, 0.1) is 7.11 Å². The third-order valence-corrected chi connectivity index (χ3v) is 3.28. The molecule has 2 unspecified atom stereocenters. The Morgan fingerprint density at radius 1 is 1.35 bits per heavy atom. The van der Waals surface area contributed by atoms with Crippen molar-refractivity contribution in [2.45, 2.75) is 25.7 Å². The van der Waals surface area contributed by atoms with E-state index in [1.54, 1.807) is 7.11 Å². The number of rotatable bonds is 7. The first-order valence-corrected chi connectivity index (χ1v) is 6.20. The Bertz CT molecular complexity index is 324. The fraction of sp³-hybridized carbons (Fsp3) is 0.571. The highest BCUT2D eigenvalue weighted by Gasteiger charge is 2.18. The maximum atomic E-state index is 9.23. The van der Waals surface area contributed by atoms with Gasteiger partial charge >= 0.3 is 0 Å². The molecule has 96 valence electrons. The molecule has 0 fully saturated rings. The summed E-state index contributed by atoms with van der Waals surface area (Å²) >= 11 is 0. The van der Waals surface area contributed by atoms with Gasteiger partial charge in [-0.1, -0.05) is 25.1 Å². The molecule has 1 aromatic rings. The minimum Gasteiger partial charge on any atom is -0.496 e. The Balaban J connectivity index is 2.85. The van der Waals surface area contributed by atoms with E-state index in [4.69, 9.17) is 10.5 Å². The number of benzene rings is 1. The SMILES string of the molecule is CCC(CC(CN)CO)c1ccccc1OC. The van der Waals surface area contributed by atoms with Crippen molar-refractivity contribution in [2.24, 2.45) is 11.7 Å². The Kier molecular flexibility index (Phi) is 6.01. The Hall–Kier alpha value is -1.06. The number of hydrogen-bond acceptors (Lipinski definition) is 3. The second-order valence-corrected chi connectivity index (χ2v) is 4.37. The minimum absolute atomic E-state index is 0.155. The zero-order chi connectivity index (χ0) is 12.7. The number of methoxy groups -OCH3 is 1. The average molecular weight is 237 g/mol. The Morgan fingerprint density at radius 2 is 2.06 bits per heavy atom. The predicted octanol–water partition coefficient (Wildman–Crippen LogP) is 2.15. The molecule has 0 radical (unpaired) electrons. The molecule has 0 aliphatic rings. The van der Waals surface area contributed by atoms with E-state index in [2.05, 4.69) is 13.0 Å². The van der Waals surface area contributed by atoms with Crippen LogP contribution in [0.5, 0.6) is 5.75 Å². The van der Waals surface area contributed by atoms with E-state index in [-0.39, 0.29) is 12.5 Å². The quantitative estimate of drug-likeness (QED) is 0.764. The van der Waals surface area contributed by atoms with Crippen LogP contribution in [0.4, 0.5) is 0 Å². The van der Waals surface area contributed by atoms with Crippen LogP contribution in [0.2, 0.25) is 0 Å². The lowest BCUT2D eigenvalue weighted by molar-refractivity contribution is 0.214. The topological polar surface area (TPSA) is 55.5 Å². The van der Waals surface area contributed by atoms with Crippen LogP contribution >= 0.6 is 0 Å². The molecule has 0 amide bonds. The van der Waals surface area contributed by atoms with E-state index in [1.165, 1.54) is 5.56 Å². The minimum atomic E-state index is 0.155. The second kappa shape index (κ2) is 7.30. The van der Waals surface area contributed by atoms with Crippen LogP contribution in [0.15, 0.2) is 24.3 Å². The van der Waals surface area contributed by atoms with Gasteiger partial charge in [0, 0.05) is 6.61 Å². The van der Waals surface area contributed by atoms with Crippen LogP contribution in [0, 0.1) is 5.92 Å². The first kappa shape index (κ1) is 14.0. The maximum Gasteiger partial charge on any atom is 0.122 e. The molecular weight excluding hydrogens is 214 g/mol. The van der Waals surface area contributed by atoms with Gasteiger partial charge in [0.1, 0.15) is 5.75 Å². The monoisotopic (exact) mass is 237 g/mol. The van der Waals surface area contributed by atoms with Gasteiger partial charge in [-0.3, -0.25) is 0 Å². The van der Waals surface area contributed by atoms with Crippen molar-refractivity contribution in [3.63, 3.8) is 0 Å². The third kappa shape index (κ3) is 3.72. The summed E-state index contributed by atoms with van der Waals surface area (Å²) in [5.74, 6) is 1.49. The van der Waals surface area contributed by atoms with Crippen molar-refractivity contribution in [3.05, 3.63) is 29.8 Å². The van der Waals surface area contributed by atoms with Gasteiger partial charge in [0.2, 0.25) is 0 Å². The maximum absolute atomic E-state index is 9.23. The van der Waals surface area contributed by atoms with Gasteiger partial charge in [0.15, 0.2) is 0 Å². The smallest absolute Gasteiger partial charge is 0.122 e. The highest BCUT2D eigenvalue weighted by molar-refractivity contribution is 5.36. The summed E-state index contributed by atoms with van der Waals surface area (Å²) in [7, 11) is 1.69. The molecule has 1 aromatic carbocycles. The van der Waals surface area contributed by atoms with E-state index in [0.717, 1.165) is 18.6 Å². The summed E-state index contributed by atoms with van der Waals surface area (Å²) in [5, 5.41) is 9.23. The fourth-order valence-corrected chi connectivity index (χ4v) is 2.16. The highest BCUT2D eigenvalue weighted by Crippen LogP contribution is 2.33. The van der Waals surface area contributed by atoms with Gasteiger partial charge in [0.25, 0.3) is 0 Å². The second-order valence-electron chi connectivity index (χ2n) is 4.37. The van der Waals surface area contributed by atoms with E-state index >= 15 is 0 Å². The van der Waals surface area contributed by atoms with Crippen molar-refractivity contribution in [2.75, 3.05) is 20.3 Å². The van der Waals surface area contributed by atoms with Crippen LogP contribution in [-0.4, -0.2) is 25.4 Å². The molecule has 0 saturated heterocycles. The lowest BCUT2D eigenvalue weighted by atomic mass is 9.86. The van der Waals surface area contributed by atoms with E-state index in [1.807, 2.05) is 18.2 Å².